The Kier molecular flexibility index (Phi) is 8.44. The molecule has 0 fully saturated rings. The first-order valence-corrected chi connectivity index (χ1v) is 12.3. The molecule has 9 heteroatoms. The second-order valence-corrected chi connectivity index (χ2v) is 9.56. The SMILES string of the molecule is CCCC(C(=O)NC=O)N1Cc2c(csc2CNC(=O)Cc2ccc(OC)c(C(C)C)c2)C1=O. The number of hydrogen-bond acceptors (Lipinski definition) is 6. The van der Waals surface area contributed by atoms with Gasteiger partial charge in [-0.3, -0.25) is 24.5 Å². The van der Waals surface area contributed by atoms with Gasteiger partial charge in [-0.05, 0) is 35.1 Å². The molecule has 1 aliphatic rings. The van der Waals surface area contributed by atoms with Gasteiger partial charge in [0.1, 0.15) is 11.8 Å². The van der Waals surface area contributed by atoms with Crippen LogP contribution in [0.3, 0.4) is 0 Å². The summed E-state index contributed by atoms with van der Waals surface area (Å²) in [5.41, 5.74) is 3.36. The van der Waals surface area contributed by atoms with Crippen LogP contribution in [-0.4, -0.2) is 42.2 Å². The van der Waals surface area contributed by atoms with E-state index in [1.54, 1.807) is 12.5 Å². The van der Waals surface area contributed by atoms with E-state index in [2.05, 4.69) is 24.5 Å². The summed E-state index contributed by atoms with van der Waals surface area (Å²) in [6.07, 6.45) is 1.74. The monoisotopic (exact) mass is 485 g/mol. The van der Waals surface area contributed by atoms with Crippen LogP contribution >= 0.6 is 11.3 Å². The van der Waals surface area contributed by atoms with Crippen LogP contribution in [0.25, 0.3) is 0 Å². The van der Waals surface area contributed by atoms with E-state index < -0.39 is 11.9 Å². The fourth-order valence-corrected chi connectivity index (χ4v) is 5.18. The molecule has 4 amide bonds. The zero-order chi connectivity index (χ0) is 24.8. The van der Waals surface area contributed by atoms with Crippen molar-refractivity contribution in [2.75, 3.05) is 7.11 Å². The molecule has 8 nitrogen and oxygen atoms in total. The maximum Gasteiger partial charge on any atom is 0.256 e. The third kappa shape index (κ3) is 5.47. The quantitative estimate of drug-likeness (QED) is 0.476. The van der Waals surface area contributed by atoms with Crippen LogP contribution in [0.5, 0.6) is 5.75 Å². The molecule has 182 valence electrons. The van der Waals surface area contributed by atoms with Crippen molar-refractivity contribution < 1.29 is 23.9 Å². The van der Waals surface area contributed by atoms with Crippen LogP contribution in [0.1, 0.15) is 71.5 Å². The van der Waals surface area contributed by atoms with Gasteiger partial charge in [0.15, 0.2) is 0 Å². The van der Waals surface area contributed by atoms with Gasteiger partial charge in [0.2, 0.25) is 18.2 Å². The molecule has 1 atom stereocenters. The molecule has 0 aliphatic carbocycles. The molecule has 0 saturated carbocycles. The summed E-state index contributed by atoms with van der Waals surface area (Å²) in [7, 11) is 1.64. The molecule has 2 aromatic rings. The summed E-state index contributed by atoms with van der Waals surface area (Å²) in [5, 5.41) is 6.90. The van der Waals surface area contributed by atoms with Gasteiger partial charge < -0.3 is 15.0 Å². The second-order valence-electron chi connectivity index (χ2n) is 8.60. The Labute approximate surface area is 203 Å². The molecule has 0 radical (unpaired) electrons. The number of nitrogens with zero attached hydrogens (tertiary/aromatic N) is 1. The number of thiophene rings is 1. The second kappa shape index (κ2) is 11.3. The summed E-state index contributed by atoms with van der Waals surface area (Å²) in [4.78, 5) is 51.0. The standard InChI is InChI=1S/C25H31N3O5S/c1-5-6-20(24(31)27-14-29)28-12-18-19(25(28)32)13-34-22(18)11-26-23(30)10-16-7-8-21(33-4)17(9-16)15(2)3/h7-9,13-15,20H,5-6,10-12H2,1-4H3,(H,26,30)(H,27,29,31). The first kappa shape index (κ1) is 25.4. The zero-order valence-electron chi connectivity index (χ0n) is 20.0. The van der Waals surface area contributed by atoms with Crippen LogP contribution < -0.4 is 15.4 Å². The van der Waals surface area contributed by atoms with Gasteiger partial charge in [-0.25, -0.2) is 0 Å². The molecule has 1 aliphatic heterocycles. The summed E-state index contributed by atoms with van der Waals surface area (Å²) >= 11 is 1.43. The van der Waals surface area contributed by atoms with Gasteiger partial charge in [-0.15, -0.1) is 11.3 Å². The Morgan fingerprint density at radius 3 is 2.71 bits per heavy atom. The molecule has 1 aromatic heterocycles. The highest BCUT2D eigenvalue weighted by atomic mass is 32.1. The van der Waals surface area contributed by atoms with Crippen LogP contribution in [-0.2, 0) is 33.9 Å². The van der Waals surface area contributed by atoms with Gasteiger partial charge in [0.05, 0.1) is 25.6 Å². The molecule has 3 rings (SSSR count). The number of carbonyl (C=O) groups is 4. The Morgan fingerprint density at radius 2 is 2.06 bits per heavy atom. The van der Waals surface area contributed by atoms with Gasteiger partial charge in [-0.1, -0.05) is 39.3 Å². The number of imide groups is 1. The summed E-state index contributed by atoms with van der Waals surface area (Å²) in [5.74, 6) is 0.275. The van der Waals surface area contributed by atoms with Gasteiger partial charge >= 0.3 is 0 Å². The number of carbonyl (C=O) groups excluding carboxylic acids is 4. The van der Waals surface area contributed by atoms with Crippen molar-refractivity contribution >= 4 is 35.5 Å². The third-order valence-corrected chi connectivity index (χ3v) is 7.00. The number of methoxy groups -OCH3 is 1. The average Bonchev–Trinajstić information content (AvgIpc) is 3.36. The number of hydrogen-bond donors (Lipinski definition) is 2. The van der Waals surface area contributed by atoms with Crippen LogP contribution in [0.2, 0.25) is 0 Å². The highest BCUT2D eigenvalue weighted by Crippen LogP contribution is 2.33. The number of rotatable bonds is 11. The predicted molar refractivity (Wildman–Crippen MR) is 130 cm³/mol. The molecule has 0 spiro atoms. The molecule has 0 saturated heterocycles. The average molecular weight is 486 g/mol. The van der Waals surface area contributed by atoms with E-state index in [4.69, 9.17) is 4.74 Å². The van der Waals surface area contributed by atoms with Crippen molar-refractivity contribution in [3.63, 3.8) is 0 Å². The van der Waals surface area contributed by atoms with E-state index in [0.29, 0.717) is 31.4 Å². The minimum absolute atomic E-state index is 0.113. The number of ether oxygens (including phenoxy) is 1. The molecule has 1 unspecified atom stereocenters. The number of fused-ring (bicyclic) bond motifs is 1. The fourth-order valence-electron chi connectivity index (χ4n) is 4.20. The molecule has 1 aromatic carbocycles. The fraction of sp³-hybridized carbons (Fsp3) is 0.440. The highest BCUT2D eigenvalue weighted by Gasteiger charge is 2.37. The first-order chi connectivity index (χ1) is 16.3. The Morgan fingerprint density at radius 1 is 1.29 bits per heavy atom. The number of nitrogens with one attached hydrogen (secondary N) is 2. The lowest BCUT2D eigenvalue weighted by Gasteiger charge is -2.26. The molecular formula is C25H31N3O5S. The summed E-state index contributed by atoms with van der Waals surface area (Å²) in [6.45, 7) is 6.68. The largest absolute Gasteiger partial charge is 0.496 e. The zero-order valence-corrected chi connectivity index (χ0v) is 20.8. The van der Waals surface area contributed by atoms with Crippen molar-refractivity contribution in [2.24, 2.45) is 0 Å². The third-order valence-electron chi connectivity index (χ3n) is 5.97. The minimum Gasteiger partial charge on any atom is -0.496 e. The van der Waals surface area contributed by atoms with Gasteiger partial charge in [-0.2, -0.15) is 0 Å². The van der Waals surface area contributed by atoms with Crippen LogP contribution in [0.4, 0.5) is 0 Å². The van der Waals surface area contributed by atoms with E-state index in [1.807, 2.05) is 25.1 Å². The van der Waals surface area contributed by atoms with Crippen molar-refractivity contribution in [1.29, 1.82) is 0 Å². The minimum atomic E-state index is -0.701. The Bertz CT molecular complexity index is 1080. The van der Waals surface area contributed by atoms with E-state index >= 15 is 0 Å². The normalized spacial score (nSPS) is 13.6. The maximum absolute atomic E-state index is 12.9. The first-order valence-electron chi connectivity index (χ1n) is 11.4. The van der Waals surface area contributed by atoms with Gasteiger partial charge in [0, 0.05) is 16.8 Å². The van der Waals surface area contributed by atoms with Crippen molar-refractivity contribution in [3.05, 3.63) is 50.7 Å². The summed E-state index contributed by atoms with van der Waals surface area (Å²) < 4.78 is 5.41. The topological polar surface area (TPSA) is 105 Å². The molecule has 34 heavy (non-hydrogen) atoms. The lowest BCUT2D eigenvalue weighted by Crippen LogP contribution is -2.46. The van der Waals surface area contributed by atoms with Crippen molar-refractivity contribution in [3.8, 4) is 5.75 Å². The molecule has 2 N–H and O–H groups in total. The summed E-state index contributed by atoms with van der Waals surface area (Å²) in [6, 6.07) is 5.08. The van der Waals surface area contributed by atoms with E-state index in [0.717, 1.165) is 27.3 Å². The lowest BCUT2D eigenvalue weighted by atomic mass is 9.98. The Hall–Kier alpha value is -3.20. The van der Waals surface area contributed by atoms with Gasteiger partial charge in [0.25, 0.3) is 5.91 Å². The molecule has 2 heterocycles. The van der Waals surface area contributed by atoms with Crippen LogP contribution in [0, 0.1) is 0 Å². The maximum atomic E-state index is 12.9. The van der Waals surface area contributed by atoms with E-state index in [-0.39, 0.29) is 30.7 Å². The molecular weight excluding hydrogens is 454 g/mol. The van der Waals surface area contributed by atoms with Crippen molar-refractivity contribution in [1.82, 2.24) is 15.5 Å². The smallest absolute Gasteiger partial charge is 0.256 e. The highest BCUT2D eigenvalue weighted by molar-refractivity contribution is 7.10. The number of benzene rings is 1. The molecule has 0 bridgehead atoms. The van der Waals surface area contributed by atoms with E-state index in [9.17, 15) is 19.2 Å². The van der Waals surface area contributed by atoms with Crippen molar-refractivity contribution in [2.45, 2.75) is 65.1 Å². The number of amides is 4. The Balaban J connectivity index is 1.66. The van der Waals surface area contributed by atoms with Crippen LogP contribution in [0.15, 0.2) is 23.6 Å². The predicted octanol–water partition coefficient (Wildman–Crippen LogP) is 3.14. The van der Waals surface area contributed by atoms with E-state index in [1.165, 1.54) is 16.2 Å². The lowest BCUT2D eigenvalue weighted by molar-refractivity contribution is -0.129.